The lowest BCUT2D eigenvalue weighted by atomic mass is 9.89. The van der Waals surface area contributed by atoms with Crippen LogP contribution in [0.25, 0.3) is 11.1 Å². The van der Waals surface area contributed by atoms with E-state index < -0.39 is 6.29 Å². The van der Waals surface area contributed by atoms with Gasteiger partial charge in [0.15, 0.2) is 6.29 Å². The van der Waals surface area contributed by atoms with Gasteiger partial charge < -0.3 is 24.8 Å². The summed E-state index contributed by atoms with van der Waals surface area (Å²) in [6.07, 6.45) is 7.72. The number of benzene rings is 3. The lowest BCUT2D eigenvalue weighted by Gasteiger charge is -2.43. The van der Waals surface area contributed by atoms with Crippen molar-refractivity contribution >= 4 is 5.91 Å². The summed E-state index contributed by atoms with van der Waals surface area (Å²) in [6.45, 7) is 8.30. The van der Waals surface area contributed by atoms with Crippen LogP contribution in [0.5, 0.6) is 0 Å². The Morgan fingerprint density at radius 1 is 0.878 bits per heavy atom. The van der Waals surface area contributed by atoms with Crippen molar-refractivity contribution in [2.75, 3.05) is 32.7 Å². The molecule has 5 atom stereocenters. The second kappa shape index (κ2) is 15.7. The van der Waals surface area contributed by atoms with Crippen molar-refractivity contribution < 1.29 is 19.4 Å². The van der Waals surface area contributed by atoms with Crippen LogP contribution >= 0.6 is 0 Å². The molecule has 1 amide bonds. The number of hydrogen-bond acceptors (Lipinski definition) is 7. The van der Waals surface area contributed by atoms with Crippen molar-refractivity contribution in [1.82, 2.24) is 20.1 Å². The van der Waals surface area contributed by atoms with Crippen molar-refractivity contribution in [3.63, 3.8) is 0 Å². The zero-order chi connectivity index (χ0) is 33.6. The largest absolute Gasteiger partial charge is 0.392 e. The summed E-state index contributed by atoms with van der Waals surface area (Å²) in [5.74, 6) is 0.00257. The molecule has 3 aromatic carbocycles. The van der Waals surface area contributed by atoms with Crippen LogP contribution in [-0.2, 0) is 22.6 Å². The van der Waals surface area contributed by atoms with Crippen molar-refractivity contribution in [3.05, 3.63) is 125 Å². The number of likely N-dealkylation sites (tertiary alicyclic amines) is 2. The number of pyridine rings is 1. The highest BCUT2D eigenvalue weighted by Crippen LogP contribution is 2.42. The Morgan fingerprint density at radius 2 is 1.65 bits per heavy atom. The van der Waals surface area contributed by atoms with Crippen LogP contribution in [0.2, 0.25) is 0 Å². The van der Waals surface area contributed by atoms with E-state index >= 15 is 0 Å². The molecular formula is C41H48N4O4. The van der Waals surface area contributed by atoms with E-state index in [1.807, 2.05) is 30.3 Å². The Labute approximate surface area is 290 Å². The molecule has 0 spiro atoms. The minimum atomic E-state index is -0.508. The Hall–Kier alpha value is -3.92. The maximum atomic E-state index is 12.7. The lowest BCUT2D eigenvalue weighted by Crippen LogP contribution is -2.48. The Balaban J connectivity index is 1.09. The minimum absolute atomic E-state index is 0.00396. The molecule has 1 aromatic heterocycles. The maximum Gasteiger partial charge on any atom is 0.253 e. The first-order chi connectivity index (χ1) is 24.1. The Morgan fingerprint density at radius 3 is 2.41 bits per heavy atom. The average Bonchev–Trinajstić information content (AvgIpc) is 3.84. The summed E-state index contributed by atoms with van der Waals surface area (Å²) in [4.78, 5) is 22.1. The number of rotatable bonds is 11. The van der Waals surface area contributed by atoms with Gasteiger partial charge in [-0.25, -0.2) is 0 Å². The third kappa shape index (κ3) is 7.95. The predicted molar refractivity (Wildman–Crippen MR) is 191 cm³/mol. The molecule has 4 aromatic rings. The van der Waals surface area contributed by atoms with Gasteiger partial charge >= 0.3 is 0 Å². The van der Waals surface area contributed by atoms with E-state index in [1.165, 1.54) is 38.8 Å². The monoisotopic (exact) mass is 660 g/mol. The van der Waals surface area contributed by atoms with Gasteiger partial charge in [0, 0.05) is 49.6 Å². The number of carbonyl (C=O) groups is 1. The third-order valence-electron chi connectivity index (χ3n) is 10.6. The van der Waals surface area contributed by atoms with E-state index in [9.17, 15) is 9.90 Å². The summed E-state index contributed by atoms with van der Waals surface area (Å²) < 4.78 is 13.7. The number of amides is 1. The number of aromatic nitrogens is 1. The lowest BCUT2D eigenvalue weighted by molar-refractivity contribution is -0.276. The van der Waals surface area contributed by atoms with Gasteiger partial charge in [0.2, 0.25) is 0 Å². The molecule has 7 rings (SSSR count). The molecule has 3 aliphatic heterocycles. The molecule has 0 radical (unpaired) electrons. The standard InChI is InChI=1S/C41H48N4O4/c1-29-38(27-45-23-7-10-36(45)26-44-21-4-5-22-44)48-41(49-39(29)32-14-12-30(28-46)13-15-32)33-18-16-31(17-19-33)37-11-3-2-8-34(37)25-43-40(47)35-9-6-20-42-24-35/h2-3,6,8-9,11-20,24,29,36,38-39,41,46H,4-5,7,10,21-23,25-28H2,1H3,(H,43,47)/t29-,36+,38+,39+,41+/m1/s1. The van der Waals surface area contributed by atoms with E-state index in [-0.39, 0.29) is 30.6 Å². The zero-order valence-electron chi connectivity index (χ0n) is 28.4. The molecule has 8 nitrogen and oxygen atoms in total. The summed E-state index contributed by atoms with van der Waals surface area (Å²) in [6, 6.07) is 28.9. The smallest absolute Gasteiger partial charge is 0.253 e. The summed E-state index contributed by atoms with van der Waals surface area (Å²) >= 11 is 0. The maximum absolute atomic E-state index is 12.7. The van der Waals surface area contributed by atoms with Crippen LogP contribution < -0.4 is 5.32 Å². The normalized spacial score (nSPS) is 24.7. The van der Waals surface area contributed by atoms with Crippen molar-refractivity contribution in [2.45, 2.75) is 70.3 Å². The molecule has 8 heteroatoms. The van der Waals surface area contributed by atoms with Crippen LogP contribution in [0.1, 0.15) is 77.6 Å². The van der Waals surface area contributed by atoms with Crippen LogP contribution in [0.4, 0.5) is 0 Å². The van der Waals surface area contributed by atoms with Crippen LogP contribution in [0, 0.1) is 5.92 Å². The van der Waals surface area contributed by atoms with Crippen LogP contribution in [0.15, 0.2) is 97.3 Å². The first-order valence-electron chi connectivity index (χ1n) is 17.9. The number of hydrogen-bond donors (Lipinski definition) is 2. The molecule has 3 fully saturated rings. The number of aliphatic hydroxyl groups is 1. The van der Waals surface area contributed by atoms with Gasteiger partial charge in [0.25, 0.3) is 5.91 Å². The first kappa shape index (κ1) is 33.6. The fourth-order valence-electron chi connectivity index (χ4n) is 7.72. The Bertz CT molecular complexity index is 1660. The van der Waals surface area contributed by atoms with Crippen molar-refractivity contribution in [3.8, 4) is 11.1 Å². The predicted octanol–water partition coefficient (Wildman–Crippen LogP) is 6.52. The van der Waals surface area contributed by atoms with E-state index in [0.717, 1.165) is 53.0 Å². The molecule has 0 saturated carbocycles. The second-order valence-corrected chi connectivity index (χ2v) is 13.8. The van der Waals surface area contributed by atoms with Gasteiger partial charge in [-0.1, -0.05) is 79.7 Å². The van der Waals surface area contributed by atoms with Crippen molar-refractivity contribution in [2.24, 2.45) is 5.92 Å². The molecule has 0 unspecified atom stereocenters. The average molecular weight is 661 g/mol. The van der Waals surface area contributed by atoms with Gasteiger partial charge in [-0.3, -0.25) is 14.7 Å². The van der Waals surface area contributed by atoms with Gasteiger partial charge in [-0.15, -0.1) is 0 Å². The fraction of sp³-hybridized carbons (Fsp3) is 0.415. The van der Waals surface area contributed by atoms with E-state index in [4.69, 9.17) is 9.47 Å². The molecule has 49 heavy (non-hydrogen) atoms. The van der Waals surface area contributed by atoms with E-state index in [1.54, 1.807) is 24.5 Å². The number of aliphatic hydroxyl groups excluding tert-OH is 1. The first-order valence-corrected chi connectivity index (χ1v) is 17.9. The summed E-state index contributed by atoms with van der Waals surface area (Å²) in [7, 11) is 0. The topological polar surface area (TPSA) is 87.2 Å². The highest BCUT2D eigenvalue weighted by molar-refractivity contribution is 5.93. The molecule has 3 aliphatic rings. The van der Waals surface area contributed by atoms with Gasteiger partial charge in [-0.05, 0) is 85.3 Å². The van der Waals surface area contributed by atoms with Crippen LogP contribution in [0.3, 0.4) is 0 Å². The third-order valence-corrected chi connectivity index (χ3v) is 10.6. The van der Waals surface area contributed by atoms with Crippen molar-refractivity contribution in [1.29, 1.82) is 0 Å². The summed E-state index contributed by atoms with van der Waals surface area (Å²) in [5.41, 5.74) is 6.69. The molecule has 2 N–H and O–H groups in total. The highest BCUT2D eigenvalue weighted by Gasteiger charge is 2.40. The van der Waals surface area contributed by atoms with Gasteiger partial charge in [-0.2, -0.15) is 0 Å². The number of carbonyl (C=O) groups excluding carboxylic acids is 1. The van der Waals surface area contributed by atoms with E-state index in [0.29, 0.717) is 18.2 Å². The molecular weight excluding hydrogens is 612 g/mol. The quantitative estimate of drug-likeness (QED) is 0.189. The number of ether oxygens (including phenoxy) is 2. The van der Waals surface area contributed by atoms with E-state index in [2.05, 4.69) is 69.5 Å². The zero-order valence-corrected chi connectivity index (χ0v) is 28.4. The molecule has 256 valence electrons. The molecule has 0 aliphatic carbocycles. The summed E-state index contributed by atoms with van der Waals surface area (Å²) in [5, 5.41) is 12.7. The highest BCUT2D eigenvalue weighted by atomic mass is 16.7. The molecule has 3 saturated heterocycles. The fourth-order valence-corrected chi connectivity index (χ4v) is 7.72. The Kier molecular flexibility index (Phi) is 10.8. The SMILES string of the molecule is C[C@@H]1[C@H](CN2CCC[C@H]2CN2CCCC2)O[C@H](c2ccc(-c3ccccc3CNC(=O)c3cccnc3)cc2)O[C@@H]1c1ccc(CO)cc1. The number of nitrogens with one attached hydrogen (secondary N) is 1. The molecule has 4 heterocycles. The number of nitrogens with zero attached hydrogens (tertiary/aromatic N) is 3. The molecule has 0 bridgehead atoms. The second-order valence-electron chi connectivity index (χ2n) is 13.8. The van der Waals surface area contributed by atoms with Gasteiger partial charge in [0.1, 0.15) is 0 Å². The van der Waals surface area contributed by atoms with Gasteiger partial charge in [0.05, 0.1) is 24.4 Å². The van der Waals surface area contributed by atoms with Crippen LogP contribution in [-0.4, -0.2) is 70.7 Å². The minimum Gasteiger partial charge on any atom is -0.392 e.